The minimum Gasteiger partial charge on any atom is -0.871 e. The Bertz CT molecular complexity index is 246. The zero-order chi connectivity index (χ0) is 7.56. The fourth-order valence-corrected chi connectivity index (χ4v) is 1.23. The molecule has 0 aliphatic carbocycles. The van der Waals surface area contributed by atoms with Crippen molar-refractivity contribution in [2.75, 3.05) is 7.11 Å². The van der Waals surface area contributed by atoms with Crippen LogP contribution >= 0.6 is 11.3 Å². The quantitative estimate of drug-likeness (QED) is 0.358. The average molecular weight is 180 g/mol. The zero-order valence-electron chi connectivity index (χ0n) is 6.29. The van der Waals surface area contributed by atoms with Crippen molar-refractivity contribution in [3.8, 4) is 5.75 Å². The predicted octanol–water partition coefficient (Wildman–Crippen LogP) is -2.39. The van der Waals surface area contributed by atoms with E-state index in [1.54, 1.807) is 5.38 Å². The van der Waals surface area contributed by atoms with Crippen molar-refractivity contribution in [2.45, 2.75) is 0 Å². The van der Waals surface area contributed by atoms with Gasteiger partial charge in [0.05, 0.1) is 7.11 Å². The molecule has 0 spiro atoms. The molecule has 0 aliphatic heterocycles. The number of ether oxygens (including phenoxy) is 1. The molecule has 1 aromatic heterocycles. The number of hydrogen-bond donors (Lipinski definition) is 0. The number of rotatable bonds is 1. The van der Waals surface area contributed by atoms with Crippen molar-refractivity contribution in [1.29, 1.82) is 0 Å². The Kier molecular flexibility index (Phi) is 4.76. The van der Waals surface area contributed by atoms with Crippen LogP contribution < -0.4 is 34.7 Å². The Hall–Kier alpha value is -0.0300. The number of methoxy groups -OCH3 is 1. The van der Waals surface area contributed by atoms with Gasteiger partial charge >= 0.3 is 35.5 Å². The van der Waals surface area contributed by atoms with Crippen molar-refractivity contribution in [2.24, 2.45) is 0 Å². The van der Waals surface area contributed by atoms with Gasteiger partial charge in [-0.05, 0) is 5.38 Å². The summed E-state index contributed by atoms with van der Waals surface area (Å²) in [5, 5.41) is 12.3. The Morgan fingerprint density at radius 1 is 1.73 bits per heavy atom. The Balaban J connectivity index is 0.000001000. The molecule has 54 valence electrons. The van der Waals surface area contributed by atoms with E-state index in [1.165, 1.54) is 13.2 Å². The molecular weight excluding hydrogens is 175 g/mol. The number of thiophene rings is 1. The first kappa shape index (κ1) is 11.0. The summed E-state index contributed by atoms with van der Waals surface area (Å²) in [6, 6.07) is 1.34. The molecule has 1 rings (SSSR count). The van der Waals surface area contributed by atoms with Crippen LogP contribution in [0.15, 0.2) is 11.4 Å². The van der Waals surface area contributed by atoms with Crippen LogP contribution in [0.2, 0.25) is 0 Å². The van der Waals surface area contributed by atoms with Gasteiger partial charge in [-0.15, -0.1) is 11.3 Å². The first-order chi connectivity index (χ1) is 4.75. The van der Waals surface area contributed by atoms with Crippen LogP contribution in [0.3, 0.4) is 0 Å². The topological polar surface area (TPSA) is 49.4 Å². The summed E-state index contributed by atoms with van der Waals surface area (Å²) in [7, 11) is 1.25. The molecule has 0 bridgehead atoms. The van der Waals surface area contributed by atoms with Crippen LogP contribution in [0.1, 0.15) is 9.67 Å². The second kappa shape index (κ2) is 4.77. The molecule has 0 saturated heterocycles. The molecule has 1 heterocycles. The van der Waals surface area contributed by atoms with Gasteiger partial charge in [0.1, 0.15) is 4.88 Å². The molecule has 11 heavy (non-hydrogen) atoms. The van der Waals surface area contributed by atoms with Crippen LogP contribution in [0.5, 0.6) is 5.75 Å². The number of hydrogen-bond acceptors (Lipinski definition) is 4. The molecule has 0 aromatic carbocycles. The summed E-state index contributed by atoms with van der Waals surface area (Å²) in [6.45, 7) is 0. The summed E-state index contributed by atoms with van der Waals surface area (Å²) in [5.74, 6) is -0.822. The molecule has 5 heteroatoms. The third-order valence-electron chi connectivity index (χ3n) is 1.000. The van der Waals surface area contributed by atoms with E-state index in [9.17, 15) is 9.90 Å². The summed E-state index contributed by atoms with van der Waals surface area (Å²) < 4.78 is 4.35. The van der Waals surface area contributed by atoms with Gasteiger partial charge in [0.25, 0.3) is 0 Å². The summed E-state index contributed by atoms with van der Waals surface area (Å²) in [4.78, 5) is 10.8. The minimum atomic E-state index is -0.556. The first-order valence-corrected chi connectivity index (χ1v) is 3.46. The van der Waals surface area contributed by atoms with Gasteiger partial charge in [0, 0.05) is 0 Å². The maximum Gasteiger partial charge on any atom is 1.00 e. The second-order valence-corrected chi connectivity index (χ2v) is 2.52. The molecule has 1 aromatic rings. The standard InChI is InChI=1S/C6H6O3S.Na/c1-9-6(8)5-4(7)2-3-10-5;/h2-3,7H,1H3;/q;+1/p-1. The van der Waals surface area contributed by atoms with E-state index in [2.05, 4.69) is 4.74 Å². The summed E-state index contributed by atoms with van der Waals surface area (Å²) >= 11 is 1.10. The van der Waals surface area contributed by atoms with Crippen LogP contribution in [0.4, 0.5) is 0 Å². The normalized spacial score (nSPS) is 8.45. The van der Waals surface area contributed by atoms with E-state index in [-0.39, 0.29) is 40.2 Å². The SMILES string of the molecule is COC(=O)c1sccc1[O-].[Na+]. The van der Waals surface area contributed by atoms with Gasteiger partial charge in [-0.2, -0.15) is 0 Å². The van der Waals surface area contributed by atoms with Crippen molar-refractivity contribution in [3.05, 3.63) is 16.3 Å². The maximum absolute atomic E-state index is 10.7. The number of carbonyl (C=O) groups is 1. The molecule has 0 aliphatic rings. The van der Waals surface area contributed by atoms with E-state index in [4.69, 9.17) is 0 Å². The largest absolute Gasteiger partial charge is 1.00 e. The molecule has 3 nitrogen and oxygen atoms in total. The molecule has 0 fully saturated rings. The third-order valence-corrected chi connectivity index (χ3v) is 1.88. The maximum atomic E-state index is 10.7. The van der Waals surface area contributed by atoms with Gasteiger partial charge < -0.3 is 9.84 Å². The van der Waals surface area contributed by atoms with Gasteiger partial charge in [0.2, 0.25) is 0 Å². The Morgan fingerprint density at radius 3 is 2.73 bits per heavy atom. The van der Waals surface area contributed by atoms with Crippen LogP contribution in [-0.2, 0) is 4.74 Å². The Morgan fingerprint density at radius 2 is 2.36 bits per heavy atom. The van der Waals surface area contributed by atoms with E-state index in [1.807, 2.05) is 0 Å². The van der Waals surface area contributed by atoms with Crippen molar-refractivity contribution in [3.63, 3.8) is 0 Å². The fourth-order valence-electron chi connectivity index (χ4n) is 0.539. The molecule has 0 atom stereocenters. The van der Waals surface area contributed by atoms with Gasteiger partial charge in [-0.3, -0.25) is 0 Å². The number of carbonyl (C=O) groups excluding carboxylic acids is 1. The predicted molar refractivity (Wildman–Crippen MR) is 35.1 cm³/mol. The molecule has 0 radical (unpaired) electrons. The average Bonchev–Trinajstić information content (AvgIpc) is 2.34. The van der Waals surface area contributed by atoms with Crippen LogP contribution in [0.25, 0.3) is 0 Å². The fraction of sp³-hybridized carbons (Fsp3) is 0.167. The molecule has 0 N–H and O–H groups in total. The molecule has 0 amide bonds. The number of esters is 1. The first-order valence-electron chi connectivity index (χ1n) is 2.58. The van der Waals surface area contributed by atoms with Crippen molar-refractivity contribution >= 4 is 17.3 Å². The molecule has 0 saturated carbocycles. The van der Waals surface area contributed by atoms with Gasteiger partial charge in [0.15, 0.2) is 0 Å². The monoisotopic (exact) mass is 180 g/mol. The van der Waals surface area contributed by atoms with Crippen molar-refractivity contribution < 1.29 is 44.2 Å². The summed E-state index contributed by atoms with van der Waals surface area (Å²) in [6.07, 6.45) is 0. The zero-order valence-corrected chi connectivity index (χ0v) is 9.10. The summed E-state index contributed by atoms with van der Waals surface area (Å²) in [5.41, 5.74) is 0. The van der Waals surface area contributed by atoms with Crippen molar-refractivity contribution in [1.82, 2.24) is 0 Å². The molecule has 0 unspecified atom stereocenters. The Labute approximate surface area is 90.3 Å². The second-order valence-electron chi connectivity index (χ2n) is 1.61. The van der Waals surface area contributed by atoms with E-state index in [0.29, 0.717) is 0 Å². The van der Waals surface area contributed by atoms with E-state index < -0.39 is 5.97 Å². The third kappa shape index (κ3) is 2.48. The van der Waals surface area contributed by atoms with Crippen LogP contribution in [-0.4, -0.2) is 13.1 Å². The van der Waals surface area contributed by atoms with E-state index >= 15 is 0 Å². The van der Waals surface area contributed by atoms with Gasteiger partial charge in [-0.25, -0.2) is 4.79 Å². The van der Waals surface area contributed by atoms with E-state index in [0.717, 1.165) is 11.3 Å². The van der Waals surface area contributed by atoms with Gasteiger partial charge in [-0.1, -0.05) is 11.8 Å². The molecular formula is C6H5NaO3S. The minimum absolute atomic E-state index is 0. The smallest absolute Gasteiger partial charge is 0.871 e. The van der Waals surface area contributed by atoms with Crippen LogP contribution in [0, 0.1) is 0 Å².